The number of aromatic nitrogens is 2. The highest BCUT2D eigenvalue weighted by Gasteiger charge is 2.17. The van der Waals surface area contributed by atoms with Gasteiger partial charge in [-0.1, -0.05) is 11.6 Å². The van der Waals surface area contributed by atoms with Gasteiger partial charge in [-0.05, 0) is 18.6 Å². The summed E-state index contributed by atoms with van der Waals surface area (Å²) in [5.74, 6) is -3.33. The van der Waals surface area contributed by atoms with Gasteiger partial charge in [-0.3, -0.25) is 9.78 Å². The Labute approximate surface area is 109 Å². The lowest BCUT2D eigenvalue weighted by atomic mass is 10.2. The van der Waals surface area contributed by atoms with Crippen LogP contribution in [0.3, 0.4) is 0 Å². The average Bonchev–Trinajstić information content (AvgIpc) is 2.33. The maximum Gasteiger partial charge on any atom is 0.334 e. The Bertz CT molecular complexity index is 783. The van der Waals surface area contributed by atoms with Crippen LogP contribution in [-0.2, 0) is 0 Å². The molecule has 0 spiro atoms. The molecule has 0 atom stereocenters. The van der Waals surface area contributed by atoms with Gasteiger partial charge in [0, 0.05) is 6.07 Å². The van der Waals surface area contributed by atoms with Crippen molar-refractivity contribution in [2.24, 2.45) is 0 Å². The normalized spacial score (nSPS) is 10.8. The summed E-state index contributed by atoms with van der Waals surface area (Å²) in [5, 5.41) is -0.792. The molecule has 1 heterocycles. The van der Waals surface area contributed by atoms with E-state index in [-0.39, 0.29) is 10.1 Å². The Morgan fingerprint density at radius 1 is 1.16 bits per heavy atom. The van der Waals surface area contributed by atoms with Gasteiger partial charge in [-0.2, -0.15) is 4.39 Å². The third-order valence-corrected chi connectivity index (χ3v) is 2.73. The lowest BCUT2D eigenvalue weighted by Crippen LogP contribution is -2.36. The molecule has 8 heteroatoms. The number of benzene rings is 1. The monoisotopic (exact) mass is 290 g/mol. The fourth-order valence-electron chi connectivity index (χ4n) is 1.51. The third kappa shape index (κ3) is 2.17. The second kappa shape index (κ2) is 4.58. The molecule has 2 rings (SSSR count). The standard InChI is InChI=1S/C11H6ClF3N2O2/c1-4-2-6(14)7(3-5(4)13)17-10(18)8(15)9(12)16-11(17)19/h2-3H,1H3,(H,16,19). The molecule has 4 nitrogen and oxygen atoms in total. The van der Waals surface area contributed by atoms with E-state index >= 15 is 0 Å². The largest absolute Gasteiger partial charge is 0.334 e. The first-order valence-electron chi connectivity index (χ1n) is 4.99. The second-order valence-corrected chi connectivity index (χ2v) is 4.13. The van der Waals surface area contributed by atoms with Crippen LogP contribution in [-0.4, -0.2) is 9.55 Å². The van der Waals surface area contributed by atoms with Crippen LogP contribution in [0.4, 0.5) is 13.2 Å². The molecule has 0 unspecified atom stereocenters. The SMILES string of the molecule is Cc1cc(F)c(-n2c(=O)[nH]c(Cl)c(F)c2=O)cc1F. The summed E-state index contributed by atoms with van der Waals surface area (Å²) < 4.78 is 40.5. The molecule has 1 aromatic heterocycles. The van der Waals surface area contributed by atoms with Gasteiger partial charge < -0.3 is 0 Å². The summed E-state index contributed by atoms with van der Waals surface area (Å²) >= 11 is 5.26. The lowest BCUT2D eigenvalue weighted by molar-refractivity contribution is 0.561. The summed E-state index contributed by atoms with van der Waals surface area (Å²) in [6.07, 6.45) is 0. The number of hydrogen-bond acceptors (Lipinski definition) is 2. The van der Waals surface area contributed by atoms with Crippen molar-refractivity contribution in [3.8, 4) is 5.69 Å². The maximum atomic E-state index is 13.7. The third-order valence-electron chi connectivity index (χ3n) is 2.47. The highest BCUT2D eigenvalue weighted by atomic mass is 35.5. The van der Waals surface area contributed by atoms with E-state index in [4.69, 9.17) is 11.6 Å². The number of nitrogens with one attached hydrogen (secondary N) is 1. The molecule has 0 aliphatic rings. The van der Waals surface area contributed by atoms with Crippen LogP contribution in [0.5, 0.6) is 0 Å². The van der Waals surface area contributed by atoms with Gasteiger partial charge in [0.25, 0.3) is 5.56 Å². The zero-order valence-electron chi connectivity index (χ0n) is 9.43. The van der Waals surface area contributed by atoms with Crippen molar-refractivity contribution in [2.45, 2.75) is 6.92 Å². The number of aryl methyl sites for hydroxylation is 1. The Morgan fingerprint density at radius 3 is 2.42 bits per heavy atom. The maximum absolute atomic E-state index is 13.7. The number of halogens is 4. The molecule has 0 aliphatic heterocycles. The van der Waals surface area contributed by atoms with Gasteiger partial charge in [0.15, 0.2) is 5.15 Å². The smallest absolute Gasteiger partial charge is 0.295 e. The van der Waals surface area contributed by atoms with Crippen LogP contribution in [0.1, 0.15) is 5.56 Å². The number of aromatic amines is 1. The molecule has 0 saturated carbocycles. The number of hydrogen-bond donors (Lipinski definition) is 1. The van der Waals surface area contributed by atoms with E-state index in [2.05, 4.69) is 0 Å². The van der Waals surface area contributed by atoms with Gasteiger partial charge in [0.1, 0.15) is 11.6 Å². The first-order chi connectivity index (χ1) is 8.82. The van der Waals surface area contributed by atoms with Crippen molar-refractivity contribution in [3.05, 3.63) is 61.1 Å². The van der Waals surface area contributed by atoms with Gasteiger partial charge in [-0.15, -0.1) is 0 Å². The Balaban J connectivity index is 2.88. The van der Waals surface area contributed by atoms with E-state index in [1.807, 2.05) is 4.98 Å². The number of H-pyrrole nitrogens is 1. The molecule has 0 saturated heterocycles. The average molecular weight is 291 g/mol. The molecule has 2 aromatic rings. The van der Waals surface area contributed by atoms with E-state index in [0.717, 1.165) is 6.07 Å². The molecule has 19 heavy (non-hydrogen) atoms. The summed E-state index contributed by atoms with van der Waals surface area (Å²) in [6.45, 7) is 1.30. The van der Waals surface area contributed by atoms with Crippen LogP contribution in [0.15, 0.2) is 21.7 Å². The quantitative estimate of drug-likeness (QED) is 0.816. The fraction of sp³-hybridized carbons (Fsp3) is 0.0909. The summed E-state index contributed by atoms with van der Waals surface area (Å²) in [7, 11) is 0. The first kappa shape index (κ1) is 13.4. The Kier molecular flexibility index (Phi) is 3.23. The summed E-state index contributed by atoms with van der Waals surface area (Å²) in [4.78, 5) is 24.9. The molecular weight excluding hydrogens is 285 g/mol. The van der Waals surface area contributed by atoms with Crippen LogP contribution < -0.4 is 11.2 Å². The second-order valence-electron chi connectivity index (χ2n) is 3.75. The van der Waals surface area contributed by atoms with Crippen molar-refractivity contribution >= 4 is 11.6 Å². The Morgan fingerprint density at radius 2 is 1.79 bits per heavy atom. The van der Waals surface area contributed by atoms with E-state index < -0.39 is 39.5 Å². The molecule has 0 bridgehead atoms. The number of nitrogens with zero attached hydrogens (tertiary/aromatic N) is 1. The molecular formula is C11H6ClF3N2O2. The summed E-state index contributed by atoms with van der Waals surface area (Å²) in [6, 6.07) is 1.43. The lowest BCUT2D eigenvalue weighted by Gasteiger charge is -2.08. The number of rotatable bonds is 1. The van der Waals surface area contributed by atoms with Crippen molar-refractivity contribution in [1.82, 2.24) is 9.55 Å². The minimum atomic E-state index is -1.46. The zero-order valence-corrected chi connectivity index (χ0v) is 10.2. The minimum absolute atomic E-state index is 0.0137. The van der Waals surface area contributed by atoms with Crippen LogP contribution in [0.2, 0.25) is 5.15 Å². The van der Waals surface area contributed by atoms with Gasteiger partial charge >= 0.3 is 5.69 Å². The van der Waals surface area contributed by atoms with Crippen LogP contribution in [0.25, 0.3) is 5.69 Å². The predicted octanol–water partition coefficient (Wildman–Crippen LogP) is 1.90. The highest BCUT2D eigenvalue weighted by molar-refractivity contribution is 6.29. The van der Waals surface area contributed by atoms with Crippen LogP contribution in [0, 0.1) is 24.4 Å². The van der Waals surface area contributed by atoms with Crippen molar-refractivity contribution in [1.29, 1.82) is 0 Å². The van der Waals surface area contributed by atoms with E-state index in [0.29, 0.717) is 6.07 Å². The molecule has 1 aromatic carbocycles. The molecule has 0 radical (unpaired) electrons. The van der Waals surface area contributed by atoms with Crippen LogP contribution >= 0.6 is 11.6 Å². The highest BCUT2D eigenvalue weighted by Crippen LogP contribution is 2.16. The molecule has 0 fully saturated rings. The van der Waals surface area contributed by atoms with E-state index in [9.17, 15) is 22.8 Å². The predicted molar refractivity (Wildman–Crippen MR) is 62.3 cm³/mol. The molecule has 1 N–H and O–H groups in total. The van der Waals surface area contributed by atoms with E-state index in [1.54, 1.807) is 0 Å². The topological polar surface area (TPSA) is 54.9 Å². The van der Waals surface area contributed by atoms with Gasteiger partial charge in [0.05, 0.1) is 5.69 Å². The van der Waals surface area contributed by atoms with Crippen molar-refractivity contribution in [2.75, 3.05) is 0 Å². The van der Waals surface area contributed by atoms with Crippen molar-refractivity contribution < 1.29 is 13.2 Å². The van der Waals surface area contributed by atoms with Crippen molar-refractivity contribution in [3.63, 3.8) is 0 Å². The fourth-order valence-corrected chi connectivity index (χ4v) is 1.68. The minimum Gasteiger partial charge on any atom is -0.295 e. The van der Waals surface area contributed by atoms with Gasteiger partial charge in [-0.25, -0.2) is 18.1 Å². The van der Waals surface area contributed by atoms with E-state index in [1.165, 1.54) is 6.92 Å². The summed E-state index contributed by atoms with van der Waals surface area (Å²) in [5.41, 5.74) is -3.33. The first-order valence-corrected chi connectivity index (χ1v) is 5.37. The van der Waals surface area contributed by atoms with Gasteiger partial charge in [0.2, 0.25) is 5.82 Å². The zero-order chi connectivity index (χ0) is 14.3. The molecule has 100 valence electrons. The molecule has 0 aliphatic carbocycles. The molecule has 0 amide bonds. The Hall–Kier alpha value is -2.02.